The van der Waals surface area contributed by atoms with Gasteiger partial charge in [-0.25, -0.2) is 4.98 Å². The zero-order chi connectivity index (χ0) is 53.3. The number of alkyl halides is 1. The molecule has 0 spiro atoms. The molecule has 390 valence electrons. The number of carbonyl (C=O) groups excluding carboxylic acids is 4. The topological polar surface area (TPSA) is 214 Å². The van der Waals surface area contributed by atoms with Gasteiger partial charge in [0.15, 0.2) is 17.3 Å². The van der Waals surface area contributed by atoms with Gasteiger partial charge in [0, 0.05) is 65.6 Å². The zero-order valence-electron chi connectivity index (χ0n) is 42.6. The van der Waals surface area contributed by atoms with E-state index in [2.05, 4.69) is 89.4 Å². The Kier molecular flexibility index (Phi) is 21.8. The lowest BCUT2D eigenvalue weighted by atomic mass is 9.77. The summed E-state index contributed by atoms with van der Waals surface area (Å²) in [7, 11) is 1.44. The molecule has 2 heterocycles. The fourth-order valence-corrected chi connectivity index (χ4v) is 8.27. The molecule has 2 atom stereocenters. The third-order valence-corrected chi connectivity index (χ3v) is 12.6. The van der Waals surface area contributed by atoms with E-state index in [0.717, 1.165) is 52.6 Å². The van der Waals surface area contributed by atoms with Crippen molar-refractivity contribution in [2.75, 3.05) is 75.1 Å². The summed E-state index contributed by atoms with van der Waals surface area (Å²) in [6, 6.07) is 25.4. The molecule has 1 aliphatic rings. The van der Waals surface area contributed by atoms with E-state index in [1.54, 1.807) is 12.1 Å². The normalized spacial score (nSPS) is 14.4. The Balaban J connectivity index is 0.000000988. The highest BCUT2D eigenvalue weighted by molar-refractivity contribution is 7.74. The number of imide groups is 1. The summed E-state index contributed by atoms with van der Waals surface area (Å²) < 4.78 is 16.3. The number of hydrogen-bond donors (Lipinski definition) is 6. The van der Waals surface area contributed by atoms with Crippen molar-refractivity contribution in [3.8, 4) is 22.9 Å². The maximum atomic E-state index is 12.5. The number of quaternary nitrogens is 1. The minimum atomic E-state index is -0.844. The third kappa shape index (κ3) is 17.1. The average molecular weight is 1060 g/mol. The number of carbonyl (C=O) groups is 4. The van der Waals surface area contributed by atoms with Gasteiger partial charge in [-0.1, -0.05) is 76.6 Å². The van der Waals surface area contributed by atoms with Gasteiger partial charge in [-0.2, -0.15) is 20.9 Å². The van der Waals surface area contributed by atoms with E-state index in [9.17, 15) is 29.6 Å². The predicted octanol–water partition coefficient (Wildman–Crippen LogP) is 10.6. The lowest BCUT2D eigenvalue weighted by molar-refractivity contribution is -0.955. The molecule has 73 heavy (non-hydrogen) atoms. The van der Waals surface area contributed by atoms with Crippen molar-refractivity contribution < 1.29 is 42.8 Å². The number of nitriles is 1. The van der Waals surface area contributed by atoms with Gasteiger partial charge in [-0.05, 0) is 101 Å². The van der Waals surface area contributed by atoms with Crippen LogP contribution in [0.1, 0.15) is 111 Å². The quantitative estimate of drug-likeness (QED) is 0.00610. The second-order valence-electron chi connectivity index (χ2n) is 18.7. The molecule has 1 aliphatic heterocycles. The second kappa shape index (κ2) is 27.4. The van der Waals surface area contributed by atoms with Crippen molar-refractivity contribution in [2.45, 2.75) is 79.1 Å². The summed E-state index contributed by atoms with van der Waals surface area (Å²) in [4.78, 5) is 55.2. The van der Waals surface area contributed by atoms with Gasteiger partial charge in [0.05, 0.1) is 41.8 Å². The first-order valence-corrected chi connectivity index (χ1v) is 25.7. The number of ketones is 2. The second-order valence-corrected chi connectivity index (χ2v) is 20.2. The summed E-state index contributed by atoms with van der Waals surface area (Å²) in [5.41, 5.74) is 8.91. The van der Waals surface area contributed by atoms with E-state index < -0.39 is 9.58 Å². The molecule has 0 saturated carbocycles. The number of hydrogen-bond acceptors (Lipinski definition) is 15. The first-order chi connectivity index (χ1) is 34.7. The molecule has 2 amide bonds. The van der Waals surface area contributed by atoms with Crippen LogP contribution in [-0.2, 0) is 24.5 Å². The van der Waals surface area contributed by atoms with Crippen molar-refractivity contribution in [1.29, 1.82) is 5.26 Å². The van der Waals surface area contributed by atoms with E-state index >= 15 is 0 Å². The van der Waals surface area contributed by atoms with E-state index in [1.165, 1.54) is 14.0 Å². The number of piperidine rings is 1. The summed E-state index contributed by atoms with van der Waals surface area (Å²) in [5, 5.41) is 30.3. The molecule has 19 heteroatoms. The number of rotatable bonds is 25. The Morgan fingerprint density at radius 2 is 1.62 bits per heavy atom. The van der Waals surface area contributed by atoms with Crippen LogP contribution in [-0.4, -0.2) is 102 Å². The minimum absolute atomic E-state index is 0.0164. The maximum absolute atomic E-state index is 12.5. The molecular weight excluding hydrogens is 992 g/mol. The zero-order valence-corrected chi connectivity index (χ0v) is 45.0. The van der Waals surface area contributed by atoms with Crippen molar-refractivity contribution >= 4 is 87.8 Å². The number of benzene rings is 4. The van der Waals surface area contributed by atoms with Crippen LogP contribution in [0.5, 0.6) is 5.75 Å². The molecule has 6 rings (SSSR count). The first-order valence-electron chi connectivity index (χ1n) is 24.3. The fraction of sp³-hybridized carbons (Fsp3) is 0.426. The predicted molar refractivity (Wildman–Crippen MR) is 290 cm³/mol. The number of fused-ring (bicyclic) bond motifs is 1. The number of unbranched alkanes of at least 4 members (excludes halogenated alkanes) is 2. The number of Topliss-reactive ketones (excluding diaryl/α,β-unsaturated/α-hetero) is 2. The molecule has 2 unspecified atom stereocenters. The number of thiol groups is 1. The van der Waals surface area contributed by atoms with Crippen LogP contribution in [0.15, 0.2) is 72.8 Å². The van der Waals surface area contributed by atoms with Crippen LogP contribution in [0.2, 0.25) is 5.02 Å². The standard InChI is InChI=1S/C48H57Cl2N7O6S.C6H9NO2/c1-31(2)44(59)39-16-15-38(29-40(39)32(3)58)52-20-23-62-25-24-61-21-9-7-8-19-53-46-41-27-34(12-17-43(41)54-47(55-46)56-57(6,60)64)33-10-13-36(14-11-33)48(4,5)37-26-35(30-51)45(42(50)28-37)63-22-18-49;1-4-2-3-5(8)7-6(4)9/h10-17,26-29,31,60,64H,7-9,18-25H2,1-6H3,(H2-,52,53,54,55,56,59);4H,2-3H2,1H3,(H,7,8,9)/p+1. The summed E-state index contributed by atoms with van der Waals surface area (Å²) in [6.07, 6.45) is 3.88. The molecule has 4 aromatic carbocycles. The third-order valence-electron chi connectivity index (χ3n) is 12.1. The van der Waals surface area contributed by atoms with Crippen molar-refractivity contribution in [3.63, 3.8) is 0 Å². The van der Waals surface area contributed by atoms with Gasteiger partial charge < -0.3 is 24.8 Å². The van der Waals surface area contributed by atoms with Gasteiger partial charge in [0.1, 0.15) is 38.4 Å². The van der Waals surface area contributed by atoms with E-state index in [0.29, 0.717) is 91.2 Å². The number of halogens is 2. The molecule has 0 radical (unpaired) electrons. The number of nitrogens with one attached hydrogen (secondary N) is 4. The van der Waals surface area contributed by atoms with Crippen LogP contribution >= 0.6 is 36.0 Å². The number of amides is 2. The molecule has 0 aliphatic carbocycles. The first kappa shape index (κ1) is 58.1. The van der Waals surface area contributed by atoms with Gasteiger partial charge >= 0.3 is 0 Å². The van der Waals surface area contributed by atoms with Crippen molar-refractivity contribution in [3.05, 3.63) is 106 Å². The molecule has 1 fully saturated rings. The molecule has 5 aromatic rings. The Hall–Kier alpha value is -5.84. The average Bonchev–Trinajstić information content (AvgIpc) is 3.35. The van der Waals surface area contributed by atoms with Crippen LogP contribution in [0.25, 0.3) is 22.0 Å². The molecule has 5 N–H and O–H groups in total. The SMILES string of the molecule is CC(=O)c1cc(NCCOCCOCCCCCNc2nc(N[N+](C)(O)S)nc3ccc(-c4ccc(C(C)(C)c5cc(Cl)c(OCCCl)c(C#N)c5)cc4)cc23)ccc1C(=O)C(C)C.CC1CCC(=O)NC1=O. The van der Waals surface area contributed by atoms with Crippen LogP contribution in [0.3, 0.4) is 0 Å². The number of ether oxygens (including phenoxy) is 3. The molecule has 1 saturated heterocycles. The number of hydroxylamine groups is 1. The number of aromatic nitrogens is 2. The monoisotopic (exact) mass is 1060 g/mol. The minimum Gasteiger partial charge on any atom is -0.489 e. The fourth-order valence-electron chi connectivity index (χ4n) is 7.83. The van der Waals surface area contributed by atoms with E-state index in [4.69, 9.17) is 42.4 Å². The Labute approximate surface area is 443 Å². The van der Waals surface area contributed by atoms with Crippen molar-refractivity contribution in [2.24, 2.45) is 11.8 Å². The number of anilines is 3. The maximum Gasteiger partial charge on any atom is 0.275 e. The van der Waals surface area contributed by atoms with Gasteiger partial charge in [-0.15, -0.1) is 11.6 Å². The lowest BCUT2D eigenvalue weighted by Crippen LogP contribution is -2.39. The summed E-state index contributed by atoms with van der Waals surface area (Å²) in [5.74, 6) is 0.833. The molecular formula is C54H67Cl2N8O8S+. The highest BCUT2D eigenvalue weighted by Crippen LogP contribution is 2.39. The molecule has 16 nitrogen and oxygen atoms in total. The smallest absolute Gasteiger partial charge is 0.275 e. The molecule has 0 bridgehead atoms. The van der Waals surface area contributed by atoms with E-state index in [1.807, 2.05) is 51.1 Å². The van der Waals surface area contributed by atoms with Crippen LogP contribution in [0.4, 0.5) is 17.5 Å². The summed E-state index contributed by atoms with van der Waals surface area (Å²) >= 11 is 16.5. The number of nitrogens with zero attached hydrogens (tertiary/aromatic N) is 4. The molecule has 1 aromatic heterocycles. The highest BCUT2D eigenvalue weighted by Gasteiger charge is 2.27. The van der Waals surface area contributed by atoms with E-state index in [-0.39, 0.29) is 53.7 Å². The van der Waals surface area contributed by atoms with Crippen LogP contribution in [0, 0.1) is 23.2 Å². The van der Waals surface area contributed by atoms with Gasteiger partial charge in [0.2, 0.25) is 11.8 Å². The Bertz CT molecular complexity index is 2760. The van der Waals surface area contributed by atoms with Crippen molar-refractivity contribution in [1.82, 2.24) is 15.3 Å². The largest absolute Gasteiger partial charge is 0.489 e. The highest BCUT2D eigenvalue weighted by atomic mass is 35.5. The van der Waals surface area contributed by atoms with Gasteiger partial charge in [-0.3, -0.25) is 24.5 Å². The summed E-state index contributed by atoms with van der Waals surface area (Å²) in [6.45, 7) is 14.6. The van der Waals surface area contributed by atoms with Crippen LogP contribution < -0.4 is 26.1 Å². The Morgan fingerprint density at radius 1 is 0.904 bits per heavy atom. The lowest BCUT2D eigenvalue weighted by Gasteiger charge is -2.27. The Morgan fingerprint density at radius 3 is 2.26 bits per heavy atom. The van der Waals surface area contributed by atoms with Gasteiger partial charge in [0.25, 0.3) is 5.95 Å².